The summed E-state index contributed by atoms with van der Waals surface area (Å²) in [5.74, 6) is -0.252. The number of phenols is 1. The van der Waals surface area contributed by atoms with Crippen LogP contribution in [0.4, 0.5) is 0 Å². The van der Waals surface area contributed by atoms with Gasteiger partial charge in [0.05, 0.1) is 6.21 Å². The molecule has 0 radical (unpaired) electrons. The minimum absolute atomic E-state index is 0.0881. The number of carbonyl (C=O) groups is 1. The van der Waals surface area contributed by atoms with Crippen molar-refractivity contribution in [3.63, 3.8) is 0 Å². The lowest BCUT2D eigenvalue weighted by molar-refractivity contribution is 0.0955. The fourth-order valence-corrected chi connectivity index (χ4v) is 1.74. The summed E-state index contributed by atoms with van der Waals surface area (Å²) in [6, 6.07) is 8.11. The van der Waals surface area contributed by atoms with Crippen LogP contribution in [0.25, 0.3) is 0 Å². The number of hydrazone groups is 1. The lowest BCUT2D eigenvalue weighted by Gasteiger charge is -2.00. The number of amides is 1. The molecular formula is C13H10BrN3O2. The van der Waals surface area contributed by atoms with Crippen LogP contribution in [0.3, 0.4) is 0 Å². The number of halogens is 1. The fourth-order valence-electron chi connectivity index (χ4n) is 1.36. The molecule has 2 N–H and O–H groups in total. The molecule has 0 aliphatic carbocycles. The standard InChI is InChI=1S/C13H10BrN3O2/c14-11-1-2-12(18)10(7-11)8-16-17-13(19)9-3-5-15-6-4-9/h1-8,18H,(H,17,19)/b16-8+. The predicted octanol–water partition coefficient (Wildman–Crippen LogP) is 2.31. The van der Waals surface area contributed by atoms with Crippen LogP contribution < -0.4 is 5.43 Å². The highest BCUT2D eigenvalue weighted by atomic mass is 79.9. The first kappa shape index (κ1) is 13.2. The normalized spacial score (nSPS) is 10.6. The monoisotopic (exact) mass is 319 g/mol. The molecule has 2 rings (SSSR count). The average molecular weight is 320 g/mol. The minimum Gasteiger partial charge on any atom is -0.507 e. The fraction of sp³-hybridized carbons (Fsp3) is 0. The van der Waals surface area contributed by atoms with Gasteiger partial charge in [0, 0.05) is 28.0 Å². The van der Waals surface area contributed by atoms with Gasteiger partial charge < -0.3 is 5.11 Å². The lowest BCUT2D eigenvalue weighted by atomic mass is 10.2. The summed E-state index contributed by atoms with van der Waals surface area (Å²) in [4.78, 5) is 15.5. The highest BCUT2D eigenvalue weighted by Crippen LogP contribution is 2.19. The van der Waals surface area contributed by atoms with Crippen molar-refractivity contribution in [2.24, 2.45) is 5.10 Å². The quantitative estimate of drug-likeness (QED) is 0.673. The maximum Gasteiger partial charge on any atom is 0.271 e. The van der Waals surface area contributed by atoms with Crippen LogP contribution in [0.15, 0.2) is 52.3 Å². The Balaban J connectivity index is 2.04. The number of hydrogen-bond donors (Lipinski definition) is 2. The molecular weight excluding hydrogens is 310 g/mol. The Labute approximate surface area is 118 Å². The Morgan fingerprint density at radius 1 is 1.32 bits per heavy atom. The molecule has 0 unspecified atom stereocenters. The van der Waals surface area contributed by atoms with E-state index in [0.717, 1.165) is 4.47 Å². The van der Waals surface area contributed by atoms with Gasteiger partial charge in [-0.3, -0.25) is 9.78 Å². The third-order valence-corrected chi connectivity index (χ3v) is 2.80. The van der Waals surface area contributed by atoms with Gasteiger partial charge in [-0.2, -0.15) is 5.10 Å². The topological polar surface area (TPSA) is 74.6 Å². The van der Waals surface area contributed by atoms with E-state index in [1.807, 2.05) is 0 Å². The zero-order valence-corrected chi connectivity index (χ0v) is 11.3. The van der Waals surface area contributed by atoms with Gasteiger partial charge in [0.2, 0.25) is 0 Å². The van der Waals surface area contributed by atoms with Gasteiger partial charge in [-0.25, -0.2) is 5.43 Å². The number of nitrogens with one attached hydrogen (secondary N) is 1. The minimum atomic E-state index is -0.340. The maximum absolute atomic E-state index is 11.7. The summed E-state index contributed by atoms with van der Waals surface area (Å²) in [7, 11) is 0. The first-order chi connectivity index (χ1) is 9.16. The molecule has 2 aromatic rings. The summed E-state index contributed by atoms with van der Waals surface area (Å²) >= 11 is 3.29. The van der Waals surface area contributed by atoms with Crippen molar-refractivity contribution in [3.8, 4) is 5.75 Å². The molecule has 0 fully saturated rings. The third kappa shape index (κ3) is 3.62. The van der Waals surface area contributed by atoms with Crippen molar-refractivity contribution in [2.45, 2.75) is 0 Å². The largest absolute Gasteiger partial charge is 0.507 e. The molecule has 6 heteroatoms. The van der Waals surface area contributed by atoms with Crippen LogP contribution in [-0.2, 0) is 0 Å². The Bertz CT molecular complexity index is 615. The number of carbonyl (C=O) groups excluding carboxylic acids is 1. The van der Waals surface area contributed by atoms with Gasteiger partial charge in [0.25, 0.3) is 5.91 Å². The van der Waals surface area contributed by atoms with Crippen molar-refractivity contribution in [3.05, 3.63) is 58.3 Å². The SMILES string of the molecule is O=C(N/N=C/c1cc(Br)ccc1O)c1ccncc1. The first-order valence-electron chi connectivity index (χ1n) is 5.39. The van der Waals surface area contributed by atoms with E-state index in [2.05, 4.69) is 31.4 Å². The second kappa shape index (κ2) is 6.10. The zero-order chi connectivity index (χ0) is 13.7. The highest BCUT2D eigenvalue weighted by molar-refractivity contribution is 9.10. The average Bonchev–Trinajstić information content (AvgIpc) is 2.43. The van der Waals surface area contributed by atoms with Crippen LogP contribution in [0.5, 0.6) is 5.75 Å². The molecule has 0 saturated heterocycles. The van der Waals surface area contributed by atoms with Crippen molar-refractivity contribution in [1.82, 2.24) is 10.4 Å². The molecule has 1 amide bonds. The van der Waals surface area contributed by atoms with Crippen LogP contribution in [-0.4, -0.2) is 22.2 Å². The maximum atomic E-state index is 11.7. The van der Waals surface area contributed by atoms with Crippen molar-refractivity contribution < 1.29 is 9.90 Å². The molecule has 0 atom stereocenters. The molecule has 0 aliphatic rings. The molecule has 0 bridgehead atoms. The second-order valence-electron chi connectivity index (χ2n) is 3.64. The molecule has 96 valence electrons. The summed E-state index contributed by atoms with van der Waals surface area (Å²) in [6.45, 7) is 0. The molecule has 0 saturated carbocycles. The van der Waals surface area contributed by atoms with Gasteiger partial charge in [-0.1, -0.05) is 15.9 Å². The Morgan fingerprint density at radius 2 is 2.05 bits per heavy atom. The number of nitrogens with zero attached hydrogens (tertiary/aromatic N) is 2. The van der Waals surface area contributed by atoms with E-state index < -0.39 is 0 Å². The number of pyridine rings is 1. The molecule has 5 nitrogen and oxygen atoms in total. The number of benzene rings is 1. The van der Waals surface area contributed by atoms with E-state index in [-0.39, 0.29) is 11.7 Å². The number of aromatic hydroxyl groups is 1. The number of rotatable bonds is 3. The van der Waals surface area contributed by atoms with Gasteiger partial charge in [0.1, 0.15) is 5.75 Å². The van der Waals surface area contributed by atoms with Crippen molar-refractivity contribution >= 4 is 28.1 Å². The van der Waals surface area contributed by atoms with E-state index in [4.69, 9.17) is 0 Å². The number of phenolic OH excluding ortho intramolecular Hbond substituents is 1. The Hall–Kier alpha value is -2.21. The summed E-state index contributed by atoms with van der Waals surface area (Å²) < 4.78 is 0.812. The van der Waals surface area contributed by atoms with E-state index in [0.29, 0.717) is 11.1 Å². The van der Waals surface area contributed by atoms with Gasteiger partial charge in [-0.05, 0) is 30.3 Å². The summed E-state index contributed by atoms with van der Waals surface area (Å²) in [6.07, 6.45) is 4.43. The van der Waals surface area contributed by atoms with Crippen LogP contribution in [0.2, 0.25) is 0 Å². The van der Waals surface area contributed by atoms with Gasteiger partial charge in [-0.15, -0.1) is 0 Å². The van der Waals surface area contributed by atoms with E-state index >= 15 is 0 Å². The number of hydrogen-bond acceptors (Lipinski definition) is 4. The summed E-state index contributed by atoms with van der Waals surface area (Å²) in [5, 5.41) is 13.4. The molecule has 1 aromatic heterocycles. The third-order valence-electron chi connectivity index (χ3n) is 2.30. The second-order valence-corrected chi connectivity index (χ2v) is 4.55. The molecule has 19 heavy (non-hydrogen) atoms. The van der Waals surface area contributed by atoms with Gasteiger partial charge in [0.15, 0.2) is 0 Å². The van der Waals surface area contributed by atoms with Crippen LogP contribution in [0, 0.1) is 0 Å². The molecule has 1 heterocycles. The molecule has 0 spiro atoms. The smallest absolute Gasteiger partial charge is 0.271 e. The zero-order valence-electron chi connectivity index (χ0n) is 9.75. The van der Waals surface area contributed by atoms with E-state index in [1.165, 1.54) is 24.7 Å². The molecule has 0 aliphatic heterocycles. The Morgan fingerprint density at radius 3 is 2.79 bits per heavy atom. The lowest BCUT2D eigenvalue weighted by Crippen LogP contribution is -2.17. The van der Waals surface area contributed by atoms with Crippen LogP contribution >= 0.6 is 15.9 Å². The summed E-state index contributed by atoms with van der Waals surface area (Å²) in [5.41, 5.74) is 3.34. The Kier molecular flexibility index (Phi) is 4.25. The highest BCUT2D eigenvalue weighted by Gasteiger charge is 2.03. The molecule has 1 aromatic carbocycles. The van der Waals surface area contributed by atoms with Gasteiger partial charge >= 0.3 is 0 Å². The van der Waals surface area contributed by atoms with E-state index in [9.17, 15) is 9.90 Å². The van der Waals surface area contributed by atoms with E-state index in [1.54, 1.807) is 24.3 Å². The number of aromatic nitrogens is 1. The predicted molar refractivity (Wildman–Crippen MR) is 75.1 cm³/mol. The van der Waals surface area contributed by atoms with Crippen LogP contribution in [0.1, 0.15) is 15.9 Å². The first-order valence-corrected chi connectivity index (χ1v) is 6.18. The van der Waals surface area contributed by atoms with Crippen molar-refractivity contribution in [1.29, 1.82) is 0 Å². The van der Waals surface area contributed by atoms with Crippen molar-refractivity contribution in [2.75, 3.05) is 0 Å².